The summed E-state index contributed by atoms with van der Waals surface area (Å²) in [5.74, 6) is -0.731. The zero-order chi connectivity index (χ0) is 10.1. The van der Waals surface area contributed by atoms with E-state index in [1.165, 1.54) is 29.8 Å². The van der Waals surface area contributed by atoms with E-state index >= 15 is 0 Å². The first-order valence-corrected chi connectivity index (χ1v) is 4.07. The van der Waals surface area contributed by atoms with Crippen LogP contribution in [0, 0.1) is 5.82 Å². The Morgan fingerprint density at radius 1 is 1.64 bits per heavy atom. The van der Waals surface area contributed by atoms with Crippen LogP contribution >= 0.6 is 0 Å². The number of nitrogens with zero attached hydrogens (tertiary/aromatic N) is 2. The number of amides is 1. The van der Waals surface area contributed by atoms with E-state index in [0.29, 0.717) is 5.69 Å². The minimum absolute atomic E-state index is 0.158. The Balaban J connectivity index is 2.70. The van der Waals surface area contributed by atoms with Crippen LogP contribution in [0.15, 0.2) is 24.5 Å². The molecule has 2 heterocycles. The Hall–Kier alpha value is -1.91. The molecule has 0 aliphatic rings. The van der Waals surface area contributed by atoms with Gasteiger partial charge in [-0.25, -0.2) is 9.37 Å². The molecule has 0 aromatic carbocycles. The Morgan fingerprint density at radius 2 is 2.43 bits per heavy atom. The van der Waals surface area contributed by atoms with Crippen LogP contribution in [-0.4, -0.2) is 22.3 Å². The predicted molar refractivity (Wildman–Crippen MR) is 48.5 cm³/mol. The lowest BCUT2D eigenvalue weighted by Gasteiger charge is -1.99. The van der Waals surface area contributed by atoms with Crippen LogP contribution in [0.25, 0.3) is 5.65 Å². The van der Waals surface area contributed by atoms with E-state index in [1.807, 2.05) is 0 Å². The van der Waals surface area contributed by atoms with Gasteiger partial charge in [-0.15, -0.1) is 0 Å². The first-order valence-electron chi connectivity index (χ1n) is 4.07. The predicted octanol–water partition coefficient (Wildman–Crippen LogP) is 0.833. The van der Waals surface area contributed by atoms with Gasteiger partial charge in [-0.1, -0.05) is 0 Å². The van der Waals surface area contributed by atoms with E-state index in [-0.39, 0.29) is 11.6 Å². The highest BCUT2D eigenvalue weighted by Gasteiger charge is 2.11. The van der Waals surface area contributed by atoms with Gasteiger partial charge in [0.15, 0.2) is 11.5 Å². The maximum absolute atomic E-state index is 13.2. The summed E-state index contributed by atoms with van der Waals surface area (Å²) in [6.45, 7) is 0. The van der Waals surface area contributed by atoms with Crippen molar-refractivity contribution in [3.05, 3.63) is 36.0 Å². The number of hydrogen-bond acceptors (Lipinski definition) is 2. The van der Waals surface area contributed by atoms with Gasteiger partial charge in [0.1, 0.15) is 5.69 Å². The first-order chi connectivity index (χ1) is 6.74. The summed E-state index contributed by atoms with van der Waals surface area (Å²) >= 11 is 0. The van der Waals surface area contributed by atoms with Crippen molar-refractivity contribution < 1.29 is 9.18 Å². The van der Waals surface area contributed by atoms with Crippen LogP contribution in [0.2, 0.25) is 0 Å². The summed E-state index contributed by atoms with van der Waals surface area (Å²) < 4.78 is 14.6. The van der Waals surface area contributed by atoms with Crippen molar-refractivity contribution in [3.63, 3.8) is 0 Å². The van der Waals surface area contributed by atoms with Crippen molar-refractivity contribution in [2.24, 2.45) is 0 Å². The molecule has 0 radical (unpaired) electrons. The Labute approximate surface area is 79.4 Å². The summed E-state index contributed by atoms with van der Waals surface area (Å²) in [7, 11) is 1.51. The van der Waals surface area contributed by atoms with Crippen molar-refractivity contribution in [1.82, 2.24) is 14.7 Å². The fraction of sp³-hybridized carbons (Fsp3) is 0.111. The minimum Gasteiger partial charge on any atom is -0.354 e. The molecule has 0 spiro atoms. The van der Waals surface area contributed by atoms with Crippen molar-refractivity contribution >= 4 is 11.6 Å². The number of halogens is 1. The maximum Gasteiger partial charge on any atom is 0.269 e. The number of imidazole rings is 1. The van der Waals surface area contributed by atoms with Crippen LogP contribution in [0.5, 0.6) is 0 Å². The molecule has 14 heavy (non-hydrogen) atoms. The molecule has 0 saturated carbocycles. The fourth-order valence-electron chi connectivity index (χ4n) is 1.27. The number of fused-ring (bicyclic) bond motifs is 1. The number of pyridine rings is 1. The molecule has 0 saturated heterocycles. The topological polar surface area (TPSA) is 46.4 Å². The SMILES string of the molecule is CNC(=O)c1cnc2c(F)cccn12. The highest BCUT2D eigenvalue weighted by molar-refractivity contribution is 5.93. The maximum atomic E-state index is 13.2. The van der Waals surface area contributed by atoms with Crippen molar-refractivity contribution in [2.75, 3.05) is 7.05 Å². The third-order valence-electron chi connectivity index (χ3n) is 1.95. The molecule has 0 aliphatic carbocycles. The van der Waals surface area contributed by atoms with Gasteiger partial charge < -0.3 is 5.32 Å². The third-order valence-corrected chi connectivity index (χ3v) is 1.95. The van der Waals surface area contributed by atoms with Gasteiger partial charge in [-0.3, -0.25) is 9.20 Å². The lowest BCUT2D eigenvalue weighted by Crippen LogP contribution is -2.19. The van der Waals surface area contributed by atoms with E-state index in [4.69, 9.17) is 0 Å². The standard InChI is InChI=1S/C9H8FN3O/c1-11-9(14)7-5-12-8-6(10)3-2-4-13(7)8/h2-5H,1H3,(H,11,14). The smallest absolute Gasteiger partial charge is 0.269 e. The van der Waals surface area contributed by atoms with E-state index in [0.717, 1.165) is 0 Å². The van der Waals surface area contributed by atoms with E-state index in [9.17, 15) is 9.18 Å². The Kier molecular flexibility index (Phi) is 1.92. The number of carbonyl (C=O) groups excluding carboxylic acids is 1. The zero-order valence-electron chi connectivity index (χ0n) is 7.49. The highest BCUT2D eigenvalue weighted by Crippen LogP contribution is 2.09. The monoisotopic (exact) mass is 193 g/mol. The second kappa shape index (κ2) is 3.10. The van der Waals surface area contributed by atoms with Crippen LogP contribution < -0.4 is 5.32 Å². The molecular weight excluding hydrogens is 185 g/mol. The van der Waals surface area contributed by atoms with Crippen LogP contribution in [0.3, 0.4) is 0 Å². The minimum atomic E-state index is -0.442. The summed E-state index contributed by atoms with van der Waals surface area (Å²) in [5.41, 5.74) is 0.480. The van der Waals surface area contributed by atoms with Crippen molar-refractivity contribution in [3.8, 4) is 0 Å². The average molecular weight is 193 g/mol. The zero-order valence-corrected chi connectivity index (χ0v) is 7.49. The van der Waals surface area contributed by atoms with Gasteiger partial charge >= 0.3 is 0 Å². The summed E-state index contributed by atoms with van der Waals surface area (Å²) in [6, 6.07) is 2.83. The molecule has 0 unspecified atom stereocenters. The van der Waals surface area contributed by atoms with E-state index in [1.54, 1.807) is 6.20 Å². The molecule has 72 valence electrons. The van der Waals surface area contributed by atoms with Crippen LogP contribution in [0.1, 0.15) is 10.5 Å². The lowest BCUT2D eigenvalue weighted by atomic mass is 10.4. The molecular formula is C9H8FN3O. The number of carbonyl (C=O) groups is 1. The Bertz CT molecular complexity index is 492. The molecule has 5 heteroatoms. The average Bonchev–Trinajstić information content (AvgIpc) is 2.62. The molecule has 2 rings (SSSR count). The second-order valence-electron chi connectivity index (χ2n) is 2.77. The van der Waals surface area contributed by atoms with E-state index in [2.05, 4.69) is 10.3 Å². The number of hydrogen-bond donors (Lipinski definition) is 1. The largest absolute Gasteiger partial charge is 0.354 e. The van der Waals surface area contributed by atoms with Gasteiger partial charge in [-0.2, -0.15) is 0 Å². The molecule has 4 nitrogen and oxygen atoms in total. The Morgan fingerprint density at radius 3 is 3.14 bits per heavy atom. The van der Waals surface area contributed by atoms with Gasteiger partial charge in [-0.05, 0) is 12.1 Å². The van der Waals surface area contributed by atoms with Gasteiger partial charge in [0.05, 0.1) is 6.20 Å². The van der Waals surface area contributed by atoms with Crippen molar-refractivity contribution in [2.45, 2.75) is 0 Å². The molecule has 0 aliphatic heterocycles. The fourth-order valence-corrected chi connectivity index (χ4v) is 1.27. The second-order valence-corrected chi connectivity index (χ2v) is 2.77. The third kappa shape index (κ3) is 1.14. The van der Waals surface area contributed by atoms with Gasteiger partial charge in [0.25, 0.3) is 5.91 Å². The first kappa shape index (κ1) is 8.68. The molecule has 1 N–H and O–H groups in total. The summed E-state index contributed by atoms with van der Waals surface area (Å²) in [4.78, 5) is 15.1. The quantitative estimate of drug-likeness (QED) is 0.729. The molecule has 2 aromatic rings. The number of aromatic nitrogens is 2. The van der Waals surface area contributed by atoms with Crippen LogP contribution in [-0.2, 0) is 0 Å². The van der Waals surface area contributed by atoms with Crippen LogP contribution in [0.4, 0.5) is 4.39 Å². The van der Waals surface area contributed by atoms with Gasteiger partial charge in [0.2, 0.25) is 0 Å². The molecule has 0 bridgehead atoms. The highest BCUT2D eigenvalue weighted by atomic mass is 19.1. The van der Waals surface area contributed by atoms with Crippen molar-refractivity contribution in [1.29, 1.82) is 0 Å². The normalized spacial score (nSPS) is 10.4. The van der Waals surface area contributed by atoms with E-state index < -0.39 is 5.82 Å². The number of rotatable bonds is 1. The lowest BCUT2D eigenvalue weighted by molar-refractivity contribution is 0.0957. The molecule has 1 amide bonds. The molecule has 0 atom stereocenters. The van der Waals surface area contributed by atoms with Gasteiger partial charge in [0, 0.05) is 13.2 Å². The summed E-state index contributed by atoms with van der Waals surface area (Å²) in [6.07, 6.45) is 2.94. The molecule has 0 fully saturated rings. The molecule has 2 aromatic heterocycles. The number of nitrogens with one attached hydrogen (secondary N) is 1. The summed E-state index contributed by atoms with van der Waals surface area (Å²) in [5, 5.41) is 2.46.